The van der Waals surface area contributed by atoms with Crippen LogP contribution < -0.4 is 0 Å². The van der Waals surface area contributed by atoms with Crippen LogP contribution in [0.5, 0.6) is 0 Å². The molecule has 1 atom stereocenters. The molecule has 78 valence electrons. The second kappa shape index (κ2) is 3.98. The molecule has 0 fully saturated rings. The molecule has 15 heavy (non-hydrogen) atoms. The zero-order chi connectivity index (χ0) is 10.8. The van der Waals surface area contributed by atoms with Crippen molar-refractivity contribution < 1.29 is 4.52 Å². The summed E-state index contributed by atoms with van der Waals surface area (Å²) in [6.07, 6.45) is 1.71. The molecule has 0 saturated heterocycles. The van der Waals surface area contributed by atoms with E-state index in [0.29, 0.717) is 11.7 Å². The zero-order valence-electron chi connectivity index (χ0n) is 8.44. The van der Waals surface area contributed by atoms with Crippen molar-refractivity contribution in [2.24, 2.45) is 0 Å². The van der Waals surface area contributed by atoms with Crippen molar-refractivity contribution in [3.05, 3.63) is 29.8 Å². The molecular formula is C10H10ClN3O. The smallest absolute Gasteiger partial charge is 0.258 e. The van der Waals surface area contributed by atoms with Crippen LogP contribution in [0.15, 0.2) is 22.9 Å². The van der Waals surface area contributed by atoms with Crippen molar-refractivity contribution in [1.82, 2.24) is 15.1 Å². The predicted octanol–water partition coefficient (Wildman–Crippen LogP) is 2.74. The van der Waals surface area contributed by atoms with Crippen molar-refractivity contribution in [1.29, 1.82) is 0 Å². The SMILES string of the molecule is Cc1cc(-c2nc(C(C)Cl)no2)ccn1. The number of hydrogen-bond donors (Lipinski definition) is 0. The molecule has 0 amide bonds. The summed E-state index contributed by atoms with van der Waals surface area (Å²) in [4.78, 5) is 8.27. The van der Waals surface area contributed by atoms with Gasteiger partial charge in [-0.25, -0.2) is 0 Å². The van der Waals surface area contributed by atoms with Gasteiger partial charge in [-0.3, -0.25) is 4.98 Å². The second-order valence-electron chi connectivity index (χ2n) is 3.26. The molecule has 2 rings (SSSR count). The molecule has 5 heteroatoms. The molecule has 0 aromatic carbocycles. The van der Waals surface area contributed by atoms with E-state index in [9.17, 15) is 0 Å². The Morgan fingerprint density at radius 3 is 2.87 bits per heavy atom. The zero-order valence-corrected chi connectivity index (χ0v) is 9.19. The Kier molecular flexibility index (Phi) is 2.68. The van der Waals surface area contributed by atoms with E-state index >= 15 is 0 Å². The Labute approximate surface area is 92.3 Å². The van der Waals surface area contributed by atoms with Crippen LogP contribution in [0.1, 0.15) is 23.8 Å². The van der Waals surface area contributed by atoms with Gasteiger partial charge in [0.1, 0.15) is 0 Å². The summed E-state index contributed by atoms with van der Waals surface area (Å²) in [5.74, 6) is 0.976. The molecule has 0 saturated carbocycles. The lowest BCUT2D eigenvalue weighted by atomic mass is 10.2. The standard InChI is InChI=1S/C10H10ClN3O/c1-6-5-8(3-4-12-6)10-13-9(7(2)11)14-15-10/h3-5,7H,1-2H3. The first-order valence-corrected chi connectivity index (χ1v) is 5.01. The monoisotopic (exact) mass is 223 g/mol. The first-order valence-electron chi connectivity index (χ1n) is 4.57. The van der Waals surface area contributed by atoms with Crippen molar-refractivity contribution in [3.8, 4) is 11.5 Å². The van der Waals surface area contributed by atoms with E-state index in [1.165, 1.54) is 0 Å². The number of rotatable bonds is 2. The summed E-state index contributed by atoms with van der Waals surface area (Å²) < 4.78 is 5.09. The van der Waals surface area contributed by atoms with Crippen LogP contribution in [-0.2, 0) is 0 Å². The summed E-state index contributed by atoms with van der Waals surface area (Å²) in [7, 11) is 0. The molecule has 1 unspecified atom stereocenters. The largest absolute Gasteiger partial charge is 0.334 e. The highest BCUT2D eigenvalue weighted by molar-refractivity contribution is 6.20. The van der Waals surface area contributed by atoms with E-state index in [1.807, 2.05) is 19.1 Å². The molecule has 0 aliphatic rings. The third kappa shape index (κ3) is 2.15. The van der Waals surface area contributed by atoms with Crippen molar-refractivity contribution >= 4 is 11.6 Å². The molecule has 4 nitrogen and oxygen atoms in total. The molecule has 0 spiro atoms. The lowest BCUT2D eigenvalue weighted by Gasteiger charge is -1.94. The summed E-state index contributed by atoms with van der Waals surface area (Å²) in [5, 5.41) is 3.54. The Morgan fingerprint density at radius 2 is 2.27 bits per heavy atom. The van der Waals surface area contributed by atoms with Crippen LogP contribution in [0, 0.1) is 6.92 Å². The number of aromatic nitrogens is 3. The van der Waals surface area contributed by atoms with Gasteiger partial charge in [-0.05, 0) is 26.0 Å². The normalized spacial score (nSPS) is 12.7. The minimum Gasteiger partial charge on any atom is -0.334 e. The molecule has 0 aliphatic heterocycles. The number of alkyl halides is 1. The van der Waals surface area contributed by atoms with Crippen LogP contribution in [0.3, 0.4) is 0 Å². The summed E-state index contributed by atoms with van der Waals surface area (Å²) in [5.41, 5.74) is 1.77. The minimum atomic E-state index is -0.245. The highest BCUT2D eigenvalue weighted by Crippen LogP contribution is 2.21. The van der Waals surface area contributed by atoms with Gasteiger partial charge in [0, 0.05) is 17.5 Å². The first kappa shape index (κ1) is 10.1. The van der Waals surface area contributed by atoms with E-state index in [-0.39, 0.29) is 5.38 Å². The van der Waals surface area contributed by atoms with Crippen molar-refractivity contribution in [2.75, 3.05) is 0 Å². The Morgan fingerprint density at radius 1 is 1.47 bits per heavy atom. The van der Waals surface area contributed by atoms with Crippen molar-refractivity contribution in [2.45, 2.75) is 19.2 Å². The Bertz CT molecular complexity index is 467. The highest BCUT2D eigenvalue weighted by Gasteiger charge is 2.12. The van der Waals surface area contributed by atoms with Gasteiger partial charge in [0.15, 0.2) is 5.82 Å². The third-order valence-corrected chi connectivity index (χ3v) is 2.14. The van der Waals surface area contributed by atoms with Gasteiger partial charge in [0.25, 0.3) is 5.89 Å². The lowest BCUT2D eigenvalue weighted by molar-refractivity contribution is 0.422. The number of pyridine rings is 1. The van der Waals surface area contributed by atoms with Crippen LogP contribution in [-0.4, -0.2) is 15.1 Å². The number of nitrogens with zero attached hydrogens (tertiary/aromatic N) is 3. The van der Waals surface area contributed by atoms with Gasteiger partial charge in [0.05, 0.1) is 5.38 Å². The lowest BCUT2D eigenvalue weighted by Crippen LogP contribution is -1.87. The average molecular weight is 224 g/mol. The molecule has 2 aromatic heterocycles. The van der Waals surface area contributed by atoms with E-state index < -0.39 is 0 Å². The first-order chi connectivity index (χ1) is 7.16. The molecule has 2 aromatic rings. The van der Waals surface area contributed by atoms with E-state index in [0.717, 1.165) is 11.3 Å². The van der Waals surface area contributed by atoms with Gasteiger partial charge >= 0.3 is 0 Å². The van der Waals surface area contributed by atoms with Crippen LogP contribution >= 0.6 is 11.6 Å². The predicted molar refractivity (Wildman–Crippen MR) is 56.5 cm³/mol. The van der Waals surface area contributed by atoms with Gasteiger partial charge in [0.2, 0.25) is 0 Å². The molecule has 0 radical (unpaired) electrons. The maximum absolute atomic E-state index is 5.84. The molecule has 2 heterocycles. The average Bonchev–Trinajstić information content (AvgIpc) is 2.66. The Hall–Kier alpha value is -1.42. The topological polar surface area (TPSA) is 51.8 Å². The maximum atomic E-state index is 5.84. The van der Waals surface area contributed by atoms with Crippen LogP contribution in [0.25, 0.3) is 11.5 Å². The minimum absolute atomic E-state index is 0.245. The van der Waals surface area contributed by atoms with Gasteiger partial charge < -0.3 is 4.52 Å². The molecule has 0 N–H and O–H groups in total. The summed E-state index contributed by atoms with van der Waals surface area (Å²) in [6.45, 7) is 3.71. The molecule has 0 bridgehead atoms. The van der Waals surface area contributed by atoms with Gasteiger partial charge in [-0.15, -0.1) is 11.6 Å². The number of hydrogen-bond acceptors (Lipinski definition) is 4. The fourth-order valence-electron chi connectivity index (χ4n) is 1.19. The molecule has 0 aliphatic carbocycles. The number of halogens is 1. The summed E-state index contributed by atoms with van der Waals surface area (Å²) in [6, 6.07) is 3.71. The van der Waals surface area contributed by atoms with E-state index in [2.05, 4.69) is 15.1 Å². The van der Waals surface area contributed by atoms with Gasteiger partial charge in [-0.2, -0.15) is 4.98 Å². The molecular weight excluding hydrogens is 214 g/mol. The Balaban J connectivity index is 2.37. The van der Waals surface area contributed by atoms with Crippen molar-refractivity contribution in [3.63, 3.8) is 0 Å². The highest BCUT2D eigenvalue weighted by atomic mass is 35.5. The van der Waals surface area contributed by atoms with E-state index in [4.69, 9.17) is 16.1 Å². The van der Waals surface area contributed by atoms with Gasteiger partial charge in [-0.1, -0.05) is 5.16 Å². The fourth-order valence-corrected chi connectivity index (χ4v) is 1.28. The summed E-state index contributed by atoms with van der Waals surface area (Å²) >= 11 is 5.84. The quantitative estimate of drug-likeness (QED) is 0.735. The van der Waals surface area contributed by atoms with Crippen LogP contribution in [0.2, 0.25) is 0 Å². The number of aryl methyl sites for hydroxylation is 1. The van der Waals surface area contributed by atoms with E-state index in [1.54, 1.807) is 13.1 Å². The van der Waals surface area contributed by atoms with Crippen LogP contribution in [0.4, 0.5) is 0 Å². The fraction of sp³-hybridized carbons (Fsp3) is 0.300. The second-order valence-corrected chi connectivity index (χ2v) is 3.91. The third-order valence-electron chi connectivity index (χ3n) is 1.94. The maximum Gasteiger partial charge on any atom is 0.258 e.